The third-order valence-electron chi connectivity index (χ3n) is 5.64. The number of fused-ring (bicyclic) bond motifs is 1. The van der Waals surface area contributed by atoms with E-state index in [9.17, 15) is 4.79 Å². The fraction of sp³-hybridized carbons (Fsp3) is 0.320. The van der Waals surface area contributed by atoms with Gasteiger partial charge in [0.2, 0.25) is 0 Å². The molecule has 0 amide bonds. The van der Waals surface area contributed by atoms with E-state index in [1.807, 2.05) is 24.3 Å². The normalized spacial score (nSPS) is 13.0. The summed E-state index contributed by atoms with van der Waals surface area (Å²) >= 11 is 1.49. The first-order chi connectivity index (χ1) is 14.5. The molecular formula is C25H27N3OS. The van der Waals surface area contributed by atoms with Crippen LogP contribution in [-0.2, 0) is 30.6 Å². The minimum Gasteiger partial charge on any atom is -0.306 e. The highest BCUT2D eigenvalue weighted by Gasteiger charge is 2.21. The van der Waals surface area contributed by atoms with Gasteiger partial charge < -0.3 is 4.57 Å². The van der Waals surface area contributed by atoms with Crippen LogP contribution in [-0.4, -0.2) is 26.3 Å². The van der Waals surface area contributed by atoms with E-state index >= 15 is 0 Å². The molecule has 0 saturated carbocycles. The van der Waals surface area contributed by atoms with Crippen molar-refractivity contribution in [3.05, 3.63) is 82.2 Å². The monoisotopic (exact) mass is 417 g/mol. The van der Waals surface area contributed by atoms with E-state index < -0.39 is 0 Å². The Morgan fingerprint density at radius 1 is 1.07 bits per heavy atom. The van der Waals surface area contributed by atoms with E-state index in [2.05, 4.69) is 59.8 Å². The number of aromatic nitrogens is 3. The number of aryl methyl sites for hydroxylation is 1. The minimum atomic E-state index is 0.208. The lowest BCUT2D eigenvalue weighted by atomic mass is 10.0. The molecule has 1 aromatic heterocycles. The van der Waals surface area contributed by atoms with Gasteiger partial charge in [0.1, 0.15) is 11.6 Å². The smallest absolute Gasteiger partial charge is 0.191 e. The average Bonchev–Trinajstić information content (AvgIpc) is 3.28. The summed E-state index contributed by atoms with van der Waals surface area (Å²) in [6.07, 6.45) is 2.26. The van der Waals surface area contributed by atoms with Crippen molar-refractivity contribution in [3.63, 3.8) is 0 Å². The first kappa shape index (κ1) is 20.6. The summed E-state index contributed by atoms with van der Waals surface area (Å²) in [4.78, 5) is 12.5. The number of Topliss-reactive ketones (excluding diaryl/α,β-unsaturated/α-hetero) is 1. The van der Waals surface area contributed by atoms with Crippen LogP contribution in [0.15, 0.2) is 59.3 Å². The van der Waals surface area contributed by atoms with Gasteiger partial charge in [0, 0.05) is 19.4 Å². The van der Waals surface area contributed by atoms with Crippen LogP contribution < -0.4 is 0 Å². The van der Waals surface area contributed by atoms with Gasteiger partial charge in [-0.15, -0.1) is 10.2 Å². The number of rotatable bonds is 8. The van der Waals surface area contributed by atoms with Crippen molar-refractivity contribution in [1.82, 2.24) is 14.8 Å². The van der Waals surface area contributed by atoms with Crippen LogP contribution in [0.4, 0.5) is 0 Å². The highest BCUT2D eigenvalue weighted by molar-refractivity contribution is 7.99. The van der Waals surface area contributed by atoms with E-state index in [4.69, 9.17) is 0 Å². The van der Waals surface area contributed by atoms with Gasteiger partial charge in [-0.25, -0.2) is 0 Å². The van der Waals surface area contributed by atoms with Gasteiger partial charge in [0.25, 0.3) is 0 Å². The lowest BCUT2D eigenvalue weighted by Gasteiger charge is -2.10. The lowest BCUT2D eigenvalue weighted by Crippen LogP contribution is -2.08. The molecule has 0 bridgehead atoms. The summed E-state index contributed by atoms with van der Waals surface area (Å²) in [7, 11) is 0. The van der Waals surface area contributed by atoms with Crippen molar-refractivity contribution < 1.29 is 4.79 Å². The molecule has 30 heavy (non-hydrogen) atoms. The Morgan fingerprint density at radius 3 is 2.60 bits per heavy atom. The molecule has 1 aliphatic carbocycles. The summed E-state index contributed by atoms with van der Waals surface area (Å²) in [6, 6.07) is 16.8. The minimum absolute atomic E-state index is 0.208. The largest absolute Gasteiger partial charge is 0.306 e. The van der Waals surface area contributed by atoms with Crippen LogP contribution in [0.1, 0.15) is 41.9 Å². The number of thioether (sulfide) groups is 1. The Morgan fingerprint density at radius 2 is 1.83 bits per heavy atom. The second-order valence-corrected chi connectivity index (χ2v) is 8.84. The van der Waals surface area contributed by atoms with E-state index in [0.29, 0.717) is 12.2 Å². The number of nitrogens with zero attached hydrogens (tertiary/aromatic N) is 3. The molecule has 0 fully saturated rings. The van der Waals surface area contributed by atoms with Crippen molar-refractivity contribution in [3.8, 4) is 0 Å². The van der Waals surface area contributed by atoms with Crippen LogP contribution in [0.25, 0.3) is 5.57 Å². The van der Waals surface area contributed by atoms with Crippen LogP contribution in [0.2, 0.25) is 0 Å². The summed E-state index contributed by atoms with van der Waals surface area (Å²) in [6.45, 7) is 7.17. The molecule has 4 rings (SSSR count). The maximum absolute atomic E-state index is 12.5. The molecule has 0 saturated heterocycles. The van der Waals surface area contributed by atoms with E-state index in [1.165, 1.54) is 39.6 Å². The Hall–Kier alpha value is -2.66. The fourth-order valence-electron chi connectivity index (χ4n) is 4.00. The number of hydrogen-bond acceptors (Lipinski definition) is 4. The quantitative estimate of drug-likeness (QED) is 0.480. The maximum atomic E-state index is 12.5. The number of hydrogen-bond donors (Lipinski definition) is 0. The topological polar surface area (TPSA) is 47.8 Å². The standard InChI is InChI=1S/C25H27N3OS/c1-4-28-24(15-23-18(3)13-20-7-5-6-8-22(20)23)26-27-25(28)30-16-21(29)14-19-11-9-17(2)10-12-19/h5-12H,4,13-16H2,1-3H3. The number of allylic oxidation sites excluding steroid dienone is 2. The SMILES string of the molecule is CCn1c(CC2=C(C)Cc3ccccc32)nnc1SCC(=O)Cc1ccc(C)cc1. The molecule has 5 heteroatoms. The molecule has 4 nitrogen and oxygen atoms in total. The van der Waals surface area contributed by atoms with Crippen molar-refractivity contribution in [2.45, 2.75) is 51.7 Å². The molecular weight excluding hydrogens is 390 g/mol. The number of benzene rings is 2. The van der Waals surface area contributed by atoms with Crippen LogP contribution >= 0.6 is 11.8 Å². The average molecular weight is 418 g/mol. The van der Waals surface area contributed by atoms with Crippen LogP contribution in [0.3, 0.4) is 0 Å². The first-order valence-corrected chi connectivity index (χ1v) is 11.4. The zero-order valence-electron chi connectivity index (χ0n) is 17.8. The zero-order chi connectivity index (χ0) is 21.1. The second-order valence-electron chi connectivity index (χ2n) is 7.90. The summed E-state index contributed by atoms with van der Waals surface area (Å²) in [5.41, 5.74) is 7.77. The van der Waals surface area contributed by atoms with Crippen LogP contribution in [0.5, 0.6) is 0 Å². The predicted octanol–water partition coefficient (Wildman–Crippen LogP) is 5.08. The summed E-state index contributed by atoms with van der Waals surface area (Å²) in [5, 5.41) is 9.71. The van der Waals surface area contributed by atoms with Gasteiger partial charge in [-0.05, 0) is 49.5 Å². The molecule has 154 valence electrons. The van der Waals surface area contributed by atoms with Gasteiger partial charge in [-0.2, -0.15) is 0 Å². The van der Waals surface area contributed by atoms with Crippen molar-refractivity contribution in [1.29, 1.82) is 0 Å². The zero-order valence-corrected chi connectivity index (χ0v) is 18.6. The number of carbonyl (C=O) groups excluding carboxylic acids is 1. The third kappa shape index (κ3) is 4.41. The van der Waals surface area contributed by atoms with Gasteiger partial charge in [-0.3, -0.25) is 4.79 Å². The molecule has 2 aromatic carbocycles. The molecule has 0 aliphatic heterocycles. The number of carbonyl (C=O) groups is 1. The molecule has 0 atom stereocenters. The van der Waals surface area contributed by atoms with Gasteiger partial charge in [0.05, 0.1) is 5.75 Å². The lowest BCUT2D eigenvalue weighted by molar-refractivity contribution is -0.116. The van der Waals surface area contributed by atoms with Gasteiger partial charge in [0.15, 0.2) is 5.16 Å². The third-order valence-corrected chi connectivity index (χ3v) is 6.67. The Balaban J connectivity index is 1.43. The van der Waals surface area contributed by atoms with Crippen molar-refractivity contribution in [2.75, 3.05) is 5.75 Å². The highest BCUT2D eigenvalue weighted by atomic mass is 32.2. The first-order valence-electron chi connectivity index (χ1n) is 10.4. The second kappa shape index (κ2) is 9.00. The molecule has 0 radical (unpaired) electrons. The molecule has 1 aliphatic rings. The van der Waals surface area contributed by atoms with Gasteiger partial charge in [-0.1, -0.05) is 71.4 Å². The maximum Gasteiger partial charge on any atom is 0.191 e. The van der Waals surface area contributed by atoms with E-state index in [-0.39, 0.29) is 5.78 Å². The van der Waals surface area contributed by atoms with Crippen molar-refractivity contribution >= 4 is 23.1 Å². The molecule has 0 N–H and O–H groups in total. The van der Waals surface area contributed by atoms with Gasteiger partial charge >= 0.3 is 0 Å². The molecule has 1 heterocycles. The van der Waals surface area contributed by atoms with E-state index in [0.717, 1.165) is 35.9 Å². The molecule has 0 spiro atoms. The van der Waals surface area contributed by atoms with Crippen LogP contribution in [0, 0.1) is 6.92 Å². The molecule has 3 aromatic rings. The van der Waals surface area contributed by atoms with E-state index in [1.54, 1.807) is 0 Å². The summed E-state index contributed by atoms with van der Waals surface area (Å²) in [5.74, 6) is 1.59. The summed E-state index contributed by atoms with van der Waals surface area (Å²) < 4.78 is 2.14. The predicted molar refractivity (Wildman–Crippen MR) is 123 cm³/mol. The Kier molecular flexibility index (Phi) is 6.18. The fourth-order valence-corrected chi connectivity index (χ4v) is 4.88. The van der Waals surface area contributed by atoms with Crippen molar-refractivity contribution in [2.24, 2.45) is 0 Å². The molecule has 0 unspecified atom stereocenters. The Labute approximate surface area is 182 Å². The number of ketones is 1. The highest BCUT2D eigenvalue weighted by Crippen LogP contribution is 2.34. The Bertz CT molecular complexity index is 1100.